The van der Waals surface area contributed by atoms with Crippen LogP contribution in [0.15, 0.2) is 66.7 Å². The van der Waals surface area contributed by atoms with E-state index in [2.05, 4.69) is 16.0 Å². The number of nitrogens with one attached hydrogen (secondary N) is 3. The minimum absolute atomic E-state index is 0.0805. The number of aliphatic hydroxyl groups excluding tert-OH is 1. The second-order valence-electron chi connectivity index (χ2n) is 7.86. The first kappa shape index (κ1) is 24.9. The molecule has 2 amide bonds. The summed E-state index contributed by atoms with van der Waals surface area (Å²) in [5.74, 6) is -0.157. The second-order valence-corrected chi connectivity index (χ2v) is 7.86. The molecule has 36 heavy (non-hydrogen) atoms. The van der Waals surface area contributed by atoms with Crippen LogP contribution in [0.3, 0.4) is 0 Å². The number of anilines is 2. The van der Waals surface area contributed by atoms with Crippen LogP contribution in [0.5, 0.6) is 11.5 Å². The number of carbonyl (C=O) groups excluding carboxylic acids is 2. The molecule has 8 nitrogen and oxygen atoms in total. The molecule has 1 atom stereocenters. The molecule has 3 aromatic carbocycles. The van der Waals surface area contributed by atoms with Gasteiger partial charge in [-0.25, -0.2) is 0 Å². The van der Waals surface area contributed by atoms with Gasteiger partial charge in [0.1, 0.15) is 6.04 Å². The standard InChI is InChI=1S/C25H22F3N3O5/c26-25(27,28)16-4-3-5-17(11-16)30-19-7-2-1-6-18(19)23(33)31-20(13-32)24(34)29-12-15-8-9-21-22(10-15)36-14-35-21/h1-11,20,30,32H,12-14H2,(H,29,34)(H,31,33). The molecule has 0 saturated carbocycles. The van der Waals surface area contributed by atoms with Crippen molar-refractivity contribution >= 4 is 23.2 Å². The summed E-state index contributed by atoms with van der Waals surface area (Å²) >= 11 is 0. The van der Waals surface area contributed by atoms with Crippen LogP contribution < -0.4 is 25.4 Å². The molecule has 1 heterocycles. The molecule has 0 fully saturated rings. The summed E-state index contributed by atoms with van der Waals surface area (Å²) in [6, 6.07) is 14.6. The van der Waals surface area contributed by atoms with E-state index in [1.165, 1.54) is 24.3 Å². The van der Waals surface area contributed by atoms with Crippen LogP contribution in [-0.4, -0.2) is 36.4 Å². The van der Waals surface area contributed by atoms with Gasteiger partial charge in [0.2, 0.25) is 12.7 Å². The average Bonchev–Trinajstić information content (AvgIpc) is 3.33. The topological polar surface area (TPSA) is 109 Å². The van der Waals surface area contributed by atoms with E-state index in [4.69, 9.17) is 9.47 Å². The Kier molecular flexibility index (Phi) is 7.30. The Bertz CT molecular complexity index is 1270. The lowest BCUT2D eigenvalue weighted by Gasteiger charge is -2.18. The van der Waals surface area contributed by atoms with E-state index in [1.807, 2.05) is 0 Å². The first-order valence-corrected chi connectivity index (χ1v) is 10.9. The van der Waals surface area contributed by atoms with Crippen molar-refractivity contribution in [3.63, 3.8) is 0 Å². The minimum Gasteiger partial charge on any atom is -0.454 e. The number of benzene rings is 3. The summed E-state index contributed by atoms with van der Waals surface area (Å²) in [5.41, 5.74) is 0.328. The van der Waals surface area contributed by atoms with Gasteiger partial charge in [-0.3, -0.25) is 9.59 Å². The zero-order chi connectivity index (χ0) is 25.7. The van der Waals surface area contributed by atoms with E-state index in [1.54, 1.807) is 30.3 Å². The van der Waals surface area contributed by atoms with E-state index >= 15 is 0 Å². The number of amides is 2. The molecule has 0 radical (unpaired) electrons. The van der Waals surface area contributed by atoms with Crippen molar-refractivity contribution in [2.45, 2.75) is 18.8 Å². The maximum absolute atomic E-state index is 13.0. The van der Waals surface area contributed by atoms with E-state index < -0.39 is 36.2 Å². The molecule has 0 spiro atoms. The number of aliphatic hydroxyl groups is 1. The normalized spacial score (nSPS) is 13.1. The monoisotopic (exact) mass is 501 g/mol. The SMILES string of the molecule is O=C(NC(CO)C(=O)NCc1ccc2c(c1)OCO2)c1ccccc1Nc1cccc(C(F)(F)F)c1. The number of para-hydroxylation sites is 1. The third kappa shape index (κ3) is 5.87. The van der Waals surface area contributed by atoms with Crippen LogP contribution in [0.25, 0.3) is 0 Å². The Morgan fingerprint density at radius 1 is 0.972 bits per heavy atom. The van der Waals surface area contributed by atoms with Crippen LogP contribution in [-0.2, 0) is 17.5 Å². The smallest absolute Gasteiger partial charge is 0.416 e. The van der Waals surface area contributed by atoms with Gasteiger partial charge in [-0.2, -0.15) is 13.2 Å². The van der Waals surface area contributed by atoms with Crippen molar-refractivity contribution in [2.24, 2.45) is 0 Å². The number of hydrogen-bond donors (Lipinski definition) is 4. The lowest BCUT2D eigenvalue weighted by Crippen LogP contribution is -2.48. The van der Waals surface area contributed by atoms with Gasteiger partial charge in [0.15, 0.2) is 11.5 Å². The number of carbonyl (C=O) groups is 2. The fraction of sp³-hybridized carbons (Fsp3) is 0.200. The van der Waals surface area contributed by atoms with Crippen molar-refractivity contribution in [1.82, 2.24) is 10.6 Å². The molecule has 0 bridgehead atoms. The van der Waals surface area contributed by atoms with Crippen LogP contribution in [0, 0.1) is 0 Å². The zero-order valence-corrected chi connectivity index (χ0v) is 18.8. The maximum atomic E-state index is 13.0. The molecule has 4 rings (SSSR count). The third-order valence-corrected chi connectivity index (χ3v) is 5.35. The van der Waals surface area contributed by atoms with Gasteiger partial charge in [-0.1, -0.05) is 24.3 Å². The molecule has 1 aliphatic heterocycles. The summed E-state index contributed by atoms with van der Waals surface area (Å²) < 4.78 is 49.7. The Hall–Kier alpha value is -4.25. The summed E-state index contributed by atoms with van der Waals surface area (Å²) in [5, 5.41) is 17.6. The van der Waals surface area contributed by atoms with Crippen molar-refractivity contribution in [1.29, 1.82) is 0 Å². The van der Waals surface area contributed by atoms with Crippen molar-refractivity contribution in [3.05, 3.63) is 83.4 Å². The quantitative estimate of drug-likeness (QED) is 0.376. The van der Waals surface area contributed by atoms with Crippen LogP contribution in [0.1, 0.15) is 21.5 Å². The lowest BCUT2D eigenvalue weighted by molar-refractivity contribution is -0.137. The fourth-order valence-corrected chi connectivity index (χ4v) is 3.51. The summed E-state index contributed by atoms with van der Waals surface area (Å²) in [7, 11) is 0. The Morgan fingerprint density at radius 2 is 1.75 bits per heavy atom. The Balaban J connectivity index is 1.41. The Morgan fingerprint density at radius 3 is 2.53 bits per heavy atom. The molecule has 188 valence electrons. The fourth-order valence-electron chi connectivity index (χ4n) is 3.51. The maximum Gasteiger partial charge on any atom is 0.416 e. The second kappa shape index (κ2) is 10.6. The molecule has 1 aliphatic rings. The van der Waals surface area contributed by atoms with Crippen LogP contribution in [0.2, 0.25) is 0 Å². The summed E-state index contributed by atoms with van der Waals surface area (Å²) in [4.78, 5) is 25.5. The van der Waals surface area contributed by atoms with Crippen molar-refractivity contribution < 1.29 is 37.3 Å². The molecule has 11 heteroatoms. The van der Waals surface area contributed by atoms with Gasteiger partial charge in [-0.15, -0.1) is 0 Å². The first-order chi connectivity index (χ1) is 17.2. The molecule has 1 unspecified atom stereocenters. The van der Waals surface area contributed by atoms with E-state index in [0.29, 0.717) is 11.5 Å². The number of fused-ring (bicyclic) bond motifs is 1. The van der Waals surface area contributed by atoms with Gasteiger partial charge >= 0.3 is 6.18 Å². The Labute approximate surface area is 204 Å². The third-order valence-electron chi connectivity index (χ3n) is 5.35. The molecule has 4 N–H and O–H groups in total. The molecular formula is C25H22F3N3O5. The molecule has 0 aliphatic carbocycles. The zero-order valence-electron chi connectivity index (χ0n) is 18.8. The van der Waals surface area contributed by atoms with Gasteiger partial charge in [-0.05, 0) is 48.0 Å². The van der Waals surface area contributed by atoms with Gasteiger partial charge in [0.05, 0.1) is 23.4 Å². The minimum atomic E-state index is -4.52. The van der Waals surface area contributed by atoms with Crippen LogP contribution >= 0.6 is 0 Å². The lowest BCUT2D eigenvalue weighted by atomic mass is 10.1. The van der Waals surface area contributed by atoms with Crippen LogP contribution in [0.4, 0.5) is 24.5 Å². The largest absolute Gasteiger partial charge is 0.454 e. The number of halogens is 3. The average molecular weight is 501 g/mol. The number of rotatable bonds is 8. The van der Waals surface area contributed by atoms with Gasteiger partial charge in [0, 0.05) is 12.2 Å². The van der Waals surface area contributed by atoms with E-state index in [0.717, 1.165) is 17.7 Å². The predicted molar refractivity (Wildman–Crippen MR) is 124 cm³/mol. The molecule has 0 saturated heterocycles. The first-order valence-electron chi connectivity index (χ1n) is 10.9. The van der Waals surface area contributed by atoms with Gasteiger partial charge in [0.25, 0.3) is 5.91 Å². The number of hydrogen-bond acceptors (Lipinski definition) is 6. The highest BCUT2D eigenvalue weighted by Crippen LogP contribution is 2.33. The van der Waals surface area contributed by atoms with Crippen molar-refractivity contribution in [2.75, 3.05) is 18.7 Å². The van der Waals surface area contributed by atoms with E-state index in [9.17, 15) is 27.9 Å². The predicted octanol–water partition coefficient (Wildman–Crippen LogP) is 3.58. The molecule has 3 aromatic rings. The summed E-state index contributed by atoms with van der Waals surface area (Å²) in [6.07, 6.45) is -4.52. The highest BCUT2D eigenvalue weighted by molar-refractivity contribution is 6.02. The molecular weight excluding hydrogens is 479 g/mol. The summed E-state index contributed by atoms with van der Waals surface area (Å²) in [6.45, 7) is -0.425. The van der Waals surface area contributed by atoms with Crippen molar-refractivity contribution in [3.8, 4) is 11.5 Å². The number of alkyl halides is 3. The molecule has 0 aromatic heterocycles. The number of ether oxygens (including phenoxy) is 2. The van der Waals surface area contributed by atoms with Gasteiger partial charge < -0.3 is 30.5 Å². The highest BCUT2D eigenvalue weighted by atomic mass is 19.4. The van der Waals surface area contributed by atoms with E-state index in [-0.39, 0.29) is 30.3 Å². The highest BCUT2D eigenvalue weighted by Gasteiger charge is 2.30.